The average molecular weight is 429 g/mol. The lowest BCUT2D eigenvalue weighted by Gasteiger charge is -2.16. The van der Waals surface area contributed by atoms with E-state index in [1.807, 2.05) is 0 Å². The second-order valence-corrected chi connectivity index (χ2v) is 7.02. The predicted molar refractivity (Wildman–Crippen MR) is 109 cm³/mol. The van der Waals surface area contributed by atoms with Crippen LogP contribution in [0.15, 0.2) is 30.9 Å². The summed E-state index contributed by atoms with van der Waals surface area (Å²) in [5.74, 6) is 0.723. The number of hydrogen-bond acceptors (Lipinski definition) is 10. The van der Waals surface area contributed by atoms with Crippen LogP contribution in [-0.2, 0) is 16.1 Å². The Morgan fingerprint density at radius 1 is 1.35 bits per heavy atom. The zero-order chi connectivity index (χ0) is 22.1. The first-order valence-corrected chi connectivity index (χ1v) is 9.52. The number of methoxy groups -OCH3 is 1. The fraction of sp³-hybridized carbons (Fsp3) is 0.368. The average Bonchev–Trinajstić information content (AvgIpc) is 3.34. The van der Waals surface area contributed by atoms with Crippen molar-refractivity contribution in [3.63, 3.8) is 0 Å². The molecule has 0 saturated carbocycles. The van der Waals surface area contributed by atoms with Gasteiger partial charge in [0.25, 0.3) is 5.91 Å². The number of aliphatic hydroxyl groups excluding tert-OH is 1. The normalized spacial score (nSPS) is 23.1. The lowest BCUT2D eigenvalue weighted by molar-refractivity contribution is -0.134. The molecule has 1 saturated heterocycles. The van der Waals surface area contributed by atoms with Gasteiger partial charge < -0.3 is 36.1 Å². The summed E-state index contributed by atoms with van der Waals surface area (Å²) in [6.45, 7) is 0.258. The summed E-state index contributed by atoms with van der Waals surface area (Å²) in [6.07, 6.45) is -0.295. The SMILES string of the molecule is CNC(=O)[C@H]1O[C@@H](n2cnc3c(NCc4cc(OC)ccc4O)ncnc32)[C@H](O)[C@@H]1N. The number of aliphatic hydroxyl groups is 1. The van der Waals surface area contributed by atoms with Gasteiger partial charge in [-0.05, 0) is 18.2 Å². The standard InChI is InChI=1S/C19H23N7O5/c1-21-18(29)15-12(20)14(28)19(31-15)26-8-25-13-16(23-7-24-17(13)26)22-6-9-5-10(30-2)3-4-11(9)27/h3-5,7-8,12,14-15,19,27-28H,6,20H2,1-2H3,(H,21,29)(H,22,23,24)/t12-,14+,15-,19+/m0/s1. The van der Waals surface area contributed by atoms with Crippen LogP contribution in [0.4, 0.5) is 5.82 Å². The van der Waals surface area contributed by atoms with Crippen LogP contribution in [0.5, 0.6) is 11.5 Å². The number of aromatic nitrogens is 4. The number of amides is 1. The van der Waals surface area contributed by atoms with Gasteiger partial charge >= 0.3 is 0 Å². The molecule has 31 heavy (non-hydrogen) atoms. The van der Waals surface area contributed by atoms with Gasteiger partial charge in [-0.3, -0.25) is 9.36 Å². The van der Waals surface area contributed by atoms with Crippen molar-refractivity contribution in [1.82, 2.24) is 24.8 Å². The Hall–Kier alpha value is -3.48. The van der Waals surface area contributed by atoms with Crippen LogP contribution >= 0.6 is 0 Å². The zero-order valence-electron chi connectivity index (χ0n) is 16.9. The van der Waals surface area contributed by atoms with E-state index in [0.29, 0.717) is 28.3 Å². The number of phenolic OH excluding ortho intramolecular Hbond substituents is 1. The monoisotopic (exact) mass is 429 g/mol. The number of rotatable bonds is 6. The molecule has 3 heterocycles. The Morgan fingerprint density at radius 2 is 2.16 bits per heavy atom. The van der Waals surface area contributed by atoms with Crippen molar-refractivity contribution in [3.8, 4) is 11.5 Å². The van der Waals surface area contributed by atoms with Gasteiger partial charge in [0.15, 0.2) is 29.3 Å². The van der Waals surface area contributed by atoms with Crippen molar-refractivity contribution in [2.24, 2.45) is 5.73 Å². The van der Waals surface area contributed by atoms with Crippen molar-refractivity contribution >= 4 is 22.9 Å². The topological polar surface area (TPSA) is 170 Å². The molecule has 3 aromatic rings. The van der Waals surface area contributed by atoms with E-state index in [9.17, 15) is 15.0 Å². The molecule has 0 bridgehead atoms. The maximum Gasteiger partial charge on any atom is 0.250 e. The first kappa shape index (κ1) is 20.8. The highest BCUT2D eigenvalue weighted by Gasteiger charge is 2.46. The number of phenols is 1. The summed E-state index contributed by atoms with van der Waals surface area (Å²) in [5.41, 5.74) is 7.40. The summed E-state index contributed by atoms with van der Waals surface area (Å²) in [7, 11) is 3.01. The molecule has 0 aliphatic carbocycles. The Balaban J connectivity index is 1.60. The Kier molecular flexibility index (Phi) is 5.59. The lowest BCUT2D eigenvalue weighted by atomic mass is 10.1. The summed E-state index contributed by atoms with van der Waals surface area (Å²) >= 11 is 0. The predicted octanol–water partition coefficient (Wildman–Crippen LogP) is -0.516. The number of aromatic hydroxyl groups is 1. The fourth-order valence-electron chi connectivity index (χ4n) is 3.48. The molecule has 2 aromatic heterocycles. The van der Waals surface area contributed by atoms with E-state index in [-0.39, 0.29) is 12.3 Å². The number of hydrogen-bond donors (Lipinski definition) is 5. The van der Waals surface area contributed by atoms with Gasteiger partial charge in [0, 0.05) is 19.2 Å². The molecule has 1 aliphatic rings. The summed E-state index contributed by atoms with van der Waals surface area (Å²) in [4.78, 5) is 24.8. The summed E-state index contributed by atoms with van der Waals surface area (Å²) in [5, 5.41) is 26.2. The number of benzene rings is 1. The van der Waals surface area contributed by atoms with Crippen molar-refractivity contribution in [2.45, 2.75) is 31.0 Å². The number of fused-ring (bicyclic) bond motifs is 1. The number of carbonyl (C=O) groups is 1. The van der Waals surface area contributed by atoms with Crippen molar-refractivity contribution in [2.75, 3.05) is 19.5 Å². The molecule has 0 unspecified atom stereocenters. The molecule has 1 aromatic carbocycles. The van der Waals surface area contributed by atoms with Crippen molar-refractivity contribution < 1.29 is 24.5 Å². The van der Waals surface area contributed by atoms with Gasteiger partial charge in [-0.1, -0.05) is 0 Å². The van der Waals surface area contributed by atoms with E-state index in [0.717, 1.165) is 0 Å². The molecule has 1 amide bonds. The van der Waals surface area contributed by atoms with Gasteiger partial charge in [-0.25, -0.2) is 15.0 Å². The van der Waals surface area contributed by atoms with Crippen LogP contribution in [0.2, 0.25) is 0 Å². The maximum atomic E-state index is 12.0. The second kappa shape index (κ2) is 8.34. The van der Waals surface area contributed by atoms with Crippen LogP contribution in [0.3, 0.4) is 0 Å². The molecule has 0 spiro atoms. The van der Waals surface area contributed by atoms with E-state index in [4.69, 9.17) is 15.2 Å². The molecular weight excluding hydrogens is 406 g/mol. The van der Waals surface area contributed by atoms with Crippen LogP contribution in [0.1, 0.15) is 11.8 Å². The number of nitrogens with two attached hydrogens (primary N) is 1. The number of imidazole rings is 1. The molecular formula is C19H23N7O5. The zero-order valence-corrected chi connectivity index (χ0v) is 16.9. The number of ether oxygens (including phenoxy) is 2. The number of anilines is 1. The highest BCUT2D eigenvalue weighted by Crippen LogP contribution is 2.32. The molecule has 12 heteroatoms. The Morgan fingerprint density at radius 3 is 2.90 bits per heavy atom. The molecule has 4 rings (SSSR count). The summed E-state index contributed by atoms with van der Waals surface area (Å²) in [6, 6.07) is 4.01. The van der Waals surface area contributed by atoms with Crippen molar-refractivity contribution in [3.05, 3.63) is 36.4 Å². The third kappa shape index (κ3) is 3.71. The van der Waals surface area contributed by atoms with E-state index in [2.05, 4.69) is 25.6 Å². The first-order chi connectivity index (χ1) is 14.9. The molecule has 164 valence electrons. The third-order valence-corrected chi connectivity index (χ3v) is 5.19. The lowest BCUT2D eigenvalue weighted by Crippen LogP contribution is -2.46. The molecule has 4 atom stereocenters. The number of likely N-dealkylation sites (N-methyl/N-ethyl adjacent to an activating group) is 1. The molecule has 1 aliphatic heterocycles. The maximum absolute atomic E-state index is 12.0. The summed E-state index contributed by atoms with van der Waals surface area (Å²) < 4.78 is 12.4. The minimum Gasteiger partial charge on any atom is -0.508 e. The van der Waals surface area contributed by atoms with Gasteiger partial charge in [0.05, 0.1) is 19.5 Å². The van der Waals surface area contributed by atoms with E-state index in [1.54, 1.807) is 25.3 Å². The second-order valence-electron chi connectivity index (χ2n) is 7.02. The highest BCUT2D eigenvalue weighted by molar-refractivity contribution is 5.83. The van der Waals surface area contributed by atoms with Crippen LogP contribution in [-0.4, -0.2) is 68.0 Å². The van der Waals surface area contributed by atoms with E-state index in [1.165, 1.54) is 24.3 Å². The van der Waals surface area contributed by atoms with E-state index < -0.39 is 30.4 Å². The van der Waals surface area contributed by atoms with Crippen molar-refractivity contribution in [1.29, 1.82) is 0 Å². The highest BCUT2D eigenvalue weighted by atomic mass is 16.5. The van der Waals surface area contributed by atoms with E-state index >= 15 is 0 Å². The molecule has 0 radical (unpaired) electrons. The largest absolute Gasteiger partial charge is 0.508 e. The number of nitrogens with one attached hydrogen (secondary N) is 2. The molecule has 6 N–H and O–H groups in total. The Bertz CT molecular complexity index is 1100. The number of nitrogens with zero attached hydrogens (tertiary/aromatic N) is 4. The smallest absolute Gasteiger partial charge is 0.250 e. The molecule has 12 nitrogen and oxygen atoms in total. The van der Waals surface area contributed by atoms with Crippen LogP contribution in [0, 0.1) is 0 Å². The van der Waals surface area contributed by atoms with Crippen LogP contribution < -0.4 is 21.1 Å². The van der Waals surface area contributed by atoms with Gasteiger partial charge in [-0.15, -0.1) is 0 Å². The Labute approximate surface area is 177 Å². The van der Waals surface area contributed by atoms with Gasteiger partial charge in [0.1, 0.15) is 23.9 Å². The third-order valence-electron chi connectivity index (χ3n) is 5.19. The van der Waals surface area contributed by atoms with Gasteiger partial charge in [0.2, 0.25) is 0 Å². The first-order valence-electron chi connectivity index (χ1n) is 9.52. The molecule has 1 fully saturated rings. The van der Waals surface area contributed by atoms with Gasteiger partial charge in [-0.2, -0.15) is 0 Å². The number of carbonyl (C=O) groups excluding carboxylic acids is 1. The fourth-order valence-corrected chi connectivity index (χ4v) is 3.48. The quantitative estimate of drug-likeness (QED) is 0.344. The minimum atomic E-state index is -1.14. The minimum absolute atomic E-state index is 0.112. The van der Waals surface area contributed by atoms with Crippen LogP contribution in [0.25, 0.3) is 11.2 Å².